The van der Waals surface area contributed by atoms with E-state index in [0.717, 1.165) is 22.2 Å². The molecule has 1 aliphatic heterocycles. The van der Waals surface area contributed by atoms with Crippen LogP contribution in [0.3, 0.4) is 0 Å². The van der Waals surface area contributed by atoms with Crippen LogP contribution in [-0.2, 0) is 4.79 Å². The van der Waals surface area contributed by atoms with Gasteiger partial charge in [-0.2, -0.15) is 15.2 Å². The number of nitrogens with zero attached hydrogens (tertiary/aromatic N) is 4. The molecule has 1 fully saturated rings. The molecule has 1 aliphatic rings. The number of fused-ring (bicyclic) bond motifs is 1. The van der Waals surface area contributed by atoms with Crippen LogP contribution in [0.25, 0.3) is 28.1 Å². The minimum Gasteiger partial charge on any atom is -0.454 e. The van der Waals surface area contributed by atoms with E-state index in [2.05, 4.69) is 5.10 Å². The topological polar surface area (TPSA) is 63.6 Å². The summed E-state index contributed by atoms with van der Waals surface area (Å²) in [7, 11) is 0. The van der Waals surface area contributed by atoms with E-state index in [1.807, 2.05) is 66.9 Å². The van der Waals surface area contributed by atoms with Gasteiger partial charge in [0, 0.05) is 17.1 Å². The summed E-state index contributed by atoms with van der Waals surface area (Å²) in [5.41, 5.74) is 3.05. The Labute approximate surface area is 175 Å². The molecular weight excluding hydrogens is 404 g/mol. The number of carbonyl (C=O) groups is 1. The predicted octanol–water partition coefficient (Wildman–Crippen LogP) is 4.48. The van der Waals surface area contributed by atoms with Crippen molar-refractivity contribution in [2.75, 3.05) is 5.75 Å². The van der Waals surface area contributed by atoms with Gasteiger partial charge in [0.2, 0.25) is 0 Å². The van der Waals surface area contributed by atoms with Crippen molar-refractivity contribution in [1.82, 2.24) is 14.8 Å². The minimum absolute atomic E-state index is 0.128. The van der Waals surface area contributed by atoms with Gasteiger partial charge in [0.15, 0.2) is 10.1 Å². The lowest BCUT2D eigenvalue weighted by molar-refractivity contribution is -0.123. The highest BCUT2D eigenvalue weighted by Gasteiger charge is 2.26. The Bertz CT molecular complexity index is 1210. The molecule has 0 unspecified atom stereocenters. The Kier molecular flexibility index (Phi) is 4.49. The van der Waals surface area contributed by atoms with Crippen molar-refractivity contribution in [2.45, 2.75) is 0 Å². The molecule has 142 valence electrons. The zero-order chi connectivity index (χ0) is 19.8. The first kappa shape index (κ1) is 17.8. The van der Waals surface area contributed by atoms with Crippen LogP contribution in [0.15, 0.2) is 76.4 Å². The first-order chi connectivity index (χ1) is 14.2. The quantitative estimate of drug-likeness (QED) is 0.361. The minimum atomic E-state index is -0.128. The molecule has 6 nitrogen and oxygen atoms in total. The summed E-state index contributed by atoms with van der Waals surface area (Å²) in [5.74, 6) is 0.819. The third-order valence-corrected chi connectivity index (χ3v) is 5.80. The van der Waals surface area contributed by atoms with E-state index in [-0.39, 0.29) is 5.91 Å². The van der Waals surface area contributed by atoms with Gasteiger partial charge >= 0.3 is 0 Å². The number of hydrogen-bond acceptors (Lipinski definition) is 6. The smallest absolute Gasteiger partial charge is 0.259 e. The predicted molar refractivity (Wildman–Crippen MR) is 118 cm³/mol. The molecule has 0 spiro atoms. The number of hydrogen-bond donors (Lipinski definition) is 0. The highest BCUT2D eigenvalue weighted by molar-refractivity contribution is 8.23. The van der Waals surface area contributed by atoms with Crippen LogP contribution in [0, 0.1) is 0 Å². The standard InChI is InChI=1S/C21H14N4O2S2/c26-19-13-29-21(28)25(19)22-11-15-12-24(16-7-2-1-3-8-16)23-20(15)18-10-14-6-4-5-9-17(14)27-18/h1-12H,13H2. The van der Waals surface area contributed by atoms with Crippen molar-refractivity contribution >= 4 is 51.4 Å². The van der Waals surface area contributed by atoms with Crippen molar-refractivity contribution in [3.63, 3.8) is 0 Å². The fraction of sp³-hybridized carbons (Fsp3) is 0.0476. The van der Waals surface area contributed by atoms with Gasteiger partial charge < -0.3 is 4.42 Å². The van der Waals surface area contributed by atoms with Gasteiger partial charge in [-0.25, -0.2) is 4.68 Å². The zero-order valence-corrected chi connectivity index (χ0v) is 16.7. The lowest BCUT2D eigenvalue weighted by Gasteiger charge is -2.05. The molecule has 0 bridgehead atoms. The fourth-order valence-electron chi connectivity index (χ4n) is 3.06. The fourth-order valence-corrected chi connectivity index (χ4v) is 4.03. The van der Waals surface area contributed by atoms with Gasteiger partial charge in [-0.05, 0) is 24.3 Å². The highest BCUT2D eigenvalue weighted by atomic mass is 32.2. The molecule has 2 aromatic heterocycles. The average Bonchev–Trinajstić information content (AvgIpc) is 3.44. The number of amides is 1. The molecule has 1 saturated heterocycles. The second-order valence-corrected chi connectivity index (χ2v) is 7.98. The van der Waals surface area contributed by atoms with E-state index in [9.17, 15) is 4.79 Å². The molecule has 29 heavy (non-hydrogen) atoms. The highest BCUT2D eigenvalue weighted by Crippen LogP contribution is 2.29. The second-order valence-electron chi connectivity index (χ2n) is 6.37. The number of rotatable bonds is 4. The average molecular weight is 419 g/mol. The van der Waals surface area contributed by atoms with Crippen LogP contribution in [0.1, 0.15) is 5.56 Å². The molecule has 2 aromatic carbocycles. The maximum atomic E-state index is 12.0. The van der Waals surface area contributed by atoms with Gasteiger partial charge in [-0.15, -0.1) is 0 Å². The summed E-state index contributed by atoms with van der Waals surface area (Å²) >= 11 is 6.51. The van der Waals surface area contributed by atoms with Crippen molar-refractivity contribution in [3.8, 4) is 17.1 Å². The van der Waals surface area contributed by atoms with E-state index in [1.54, 1.807) is 10.9 Å². The summed E-state index contributed by atoms with van der Waals surface area (Å²) < 4.78 is 8.23. The number of thiocarbonyl (C=S) groups is 1. The SMILES string of the molecule is O=C1CSC(=S)N1N=Cc1cn(-c2ccccc2)nc1-c1cc2ccccc2o1. The van der Waals surface area contributed by atoms with E-state index in [1.165, 1.54) is 16.8 Å². The maximum Gasteiger partial charge on any atom is 0.259 e. The van der Waals surface area contributed by atoms with Crippen LogP contribution in [0.4, 0.5) is 0 Å². The van der Waals surface area contributed by atoms with E-state index >= 15 is 0 Å². The van der Waals surface area contributed by atoms with Gasteiger partial charge in [0.05, 0.1) is 17.7 Å². The Balaban J connectivity index is 1.61. The maximum absolute atomic E-state index is 12.0. The number of furan rings is 1. The molecule has 5 rings (SSSR count). The van der Waals surface area contributed by atoms with Crippen LogP contribution in [0.2, 0.25) is 0 Å². The summed E-state index contributed by atoms with van der Waals surface area (Å²) in [6, 6.07) is 19.5. The molecule has 0 radical (unpaired) electrons. The molecular formula is C21H14N4O2S2. The molecule has 0 aliphatic carbocycles. The van der Waals surface area contributed by atoms with Crippen molar-refractivity contribution in [3.05, 3.63) is 72.4 Å². The van der Waals surface area contributed by atoms with Gasteiger partial charge in [-0.3, -0.25) is 4.79 Å². The summed E-state index contributed by atoms with van der Waals surface area (Å²) in [6.45, 7) is 0. The van der Waals surface area contributed by atoms with Crippen LogP contribution in [-0.4, -0.2) is 37.0 Å². The van der Waals surface area contributed by atoms with Crippen LogP contribution in [0.5, 0.6) is 0 Å². The number of hydrazone groups is 1. The molecule has 1 amide bonds. The molecule has 0 saturated carbocycles. The van der Waals surface area contributed by atoms with Crippen LogP contribution < -0.4 is 0 Å². The molecule has 0 atom stereocenters. The normalized spacial score (nSPS) is 14.6. The van der Waals surface area contributed by atoms with Gasteiger partial charge in [-0.1, -0.05) is 60.4 Å². The summed E-state index contributed by atoms with van der Waals surface area (Å²) in [6.07, 6.45) is 3.46. The molecule has 3 heterocycles. The lowest BCUT2D eigenvalue weighted by atomic mass is 10.2. The number of benzene rings is 2. The second kappa shape index (κ2) is 7.31. The van der Waals surface area contributed by atoms with Crippen LogP contribution >= 0.6 is 24.0 Å². The first-order valence-corrected chi connectivity index (χ1v) is 10.3. The van der Waals surface area contributed by atoms with Gasteiger partial charge in [0.25, 0.3) is 5.91 Å². The Morgan fingerprint density at radius 3 is 2.69 bits per heavy atom. The number of para-hydroxylation sites is 2. The third-order valence-electron chi connectivity index (χ3n) is 4.46. The zero-order valence-electron chi connectivity index (χ0n) is 15.1. The van der Waals surface area contributed by atoms with Crippen molar-refractivity contribution in [1.29, 1.82) is 0 Å². The van der Waals surface area contributed by atoms with E-state index in [0.29, 0.717) is 21.5 Å². The van der Waals surface area contributed by atoms with Crippen molar-refractivity contribution < 1.29 is 9.21 Å². The summed E-state index contributed by atoms with van der Waals surface area (Å²) in [5, 5.41) is 11.3. The number of aromatic nitrogens is 2. The molecule has 4 aromatic rings. The Morgan fingerprint density at radius 1 is 1.14 bits per heavy atom. The van der Waals surface area contributed by atoms with Crippen molar-refractivity contribution in [2.24, 2.45) is 5.10 Å². The molecule has 8 heteroatoms. The molecule has 0 N–H and O–H groups in total. The monoisotopic (exact) mass is 418 g/mol. The number of carbonyl (C=O) groups excluding carboxylic acids is 1. The Hall–Kier alpha value is -3.23. The lowest BCUT2D eigenvalue weighted by Crippen LogP contribution is -2.22. The largest absolute Gasteiger partial charge is 0.454 e. The Morgan fingerprint density at radius 2 is 1.93 bits per heavy atom. The van der Waals surface area contributed by atoms with E-state index < -0.39 is 0 Å². The first-order valence-electron chi connectivity index (χ1n) is 8.87. The third kappa shape index (κ3) is 3.37. The number of thioether (sulfide) groups is 1. The van der Waals surface area contributed by atoms with E-state index in [4.69, 9.17) is 21.7 Å². The van der Waals surface area contributed by atoms with Gasteiger partial charge in [0.1, 0.15) is 11.3 Å². The summed E-state index contributed by atoms with van der Waals surface area (Å²) in [4.78, 5) is 12.0.